The Labute approximate surface area is 143 Å². The van der Waals surface area contributed by atoms with Crippen LogP contribution >= 0.6 is 23.1 Å². The van der Waals surface area contributed by atoms with Crippen molar-refractivity contribution in [3.63, 3.8) is 0 Å². The van der Waals surface area contributed by atoms with Gasteiger partial charge in [0.15, 0.2) is 10.9 Å². The Balaban J connectivity index is 1.65. The maximum atomic E-state index is 11.6. The summed E-state index contributed by atoms with van der Waals surface area (Å²) in [5.41, 5.74) is 0.976. The van der Waals surface area contributed by atoms with Crippen molar-refractivity contribution < 1.29 is 14.3 Å². The second kappa shape index (κ2) is 8.88. The minimum Gasteiger partial charge on any atom is -0.456 e. The van der Waals surface area contributed by atoms with Gasteiger partial charge in [0.25, 0.3) is 5.91 Å². The number of hydrogen-bond acceptors (Lipinski definition) is 6. The van der Waals surface area contributed by atoms with Crippen molar-refractivity contribution in [2.45, 2.75) is 24.6 Å². The Bertz CT molecular complexity index is 637. The van der Waals surface area contributed by atoms with Crippen molar-refractivity contribution in [1.82, 2.24) is 10.3 Å². The van der Waals surface area contributed by atoms with Gasteiger partial charge >= 0.3 is 5.97 Å². The van der Waals surface area contributed by atoms with Gasteiger partial charge in [-0.3, -0.25) is 9.59 Å². The summed E-state index contributed by atoms with van der Waals surface area (Å²) in [6.45, 7) is 4.39. The summed E-state index contributed by atoms with van der Waals surface area (Å²) < 4.78 is 7.03. The molecule has 124 valence electrons. The molecular formula is C16H20N2O3S2. The van der Waals surface area contributed by atoms with E-state index >= 15 is 0 Å². The van der Waals surface area contributed by atoms with Gasteiger partial charge in [-0.2, -0.15) is 0 Å². The maximum absolute atomic E-state index is 11.6. The number of esters is 1. The fraction of sp³-hybridized carbons (Fsp3) is 0.438. The van der Waals surface area contributed by atoms with Gasteiger partial charge in [-0.05, 0) is 18.1 Å². The van der Waals surface area contributed by atoms with Crippen LogP contribution < -0.4 is 5.32 Å². The smallest absolute Gasteiger partial charge is 0.307 e. The Hall–Kier alpha value is -1.60. The van der Waals surface area contributed by atoms with Gasteiger partial charge < -0.3 is 10.1 Å². The van der Waals surface area contributed by atoms with Crippen molar-refractivity contribution in [3.05, 3.63) is 24.3 Å². The van der Waals surface area contributed by atoms with Gasteiger partial charge in [0.05, 0.1) is 16.6 Å². The lowest BCUT2D eigenvalue weighted by molar-refractivity contribution is -0.148. The third-order valence-electron chi connectivity index (χ3n) is 2.88. The van der Waals surface area contributed by atoms with E-state index in [1.54, 1.807) is 11.3 Å². The third kappa shape index (κ3) is 6.19. The van der Waals surface area contributed by atoms with Crippen LogP contribution in [0.15, 0.2) is 28.6 Å². The summed E-state index contributed by atoms with van der Waals surface area (Å²) in [6.07, 6.45) is 0.262. The predicted molar refractivity (Wildman–Crippen MR) is 93.8 cm³/mol. The third-order valence-corrected chi connectivity index (χ3v) is 5.06. The molecule has 1 N–H and O–H groups in total. The zero-order chi connectivity index (χ0) is 16.7. The first-order valence-electron chi connectivity index (χ1n) is 7.45. The molecular weight excluding hydrogens is 332 g/mol. The minimum atomic E-state index is -0.363. The highest BCUT2D eigenvalue weighted by atomic mass is 32.2. The average Bonchev–Trinajstić information content (AvgIpc) is 2.93. The lowest BCUT2D eigenvalue weighted by atomic mass is 10.2. The number of benzene rings is 1. The highest BCUT2D eigenvalue weighted by molar-refractivity contribution is 8.01. The number of amides is 1. The first kappa shape index (κ1) is 17.7. The number of ether oxygens (including phenoxy) is 1. The lowest BCUT2D eigenvalue weighted by Crippen LogP contribution is -2.31. The standard InChI is InChI=1S/C16H20N2O3S2/c1-11(2)9-17-14(19)10-21-15(20)7-8-22-16-18-12-5-3-4-6-13(12)23-16/h3-6,11H,7-10H2,1-2H3,(H,17,19). The number of carbonyl (C=O) groups is 2. The molecule has 0 saturated heterocycles. The molecule has 1 aromatic carbocycles. The molecule has 1 heterocycles. The molecule has 0 aliphatic heterocycles. The molecule has 0 radical (unpaired) electrons. The van der Waals surface area contributed by atoms with E-state index in [1.165, 1.54) is 11.8 Å². The van der Waals surface area contributed by atoms with E-state index in [2.05, 4.69) is 10.3 Å². The number of nitrogens with zero attached hydrogens (tertiary/aromatic N) is 1. The zero-order valence-corrected chi connectivity index (χ0v) is 14.8. The first-order valence-corrected chi connectivity index (χ1v) is 9.25. The highest BCUT2D eigenvalue weighted by Crippen LogP contribution is 2.29. The van der Waals surface area contributed by atoms with Crippen molar-refractivity contribution in [1.29, 1.82) is 0 Å². The van der Waals surface area contributed by atoms with Gasteiger partial charge in [0.2, 0.25) is 0 Å². The molecule has 5 nitrogen and oxygen atoms in total. The molecule has 0 aliphatic carbocycles. The number of aromatic nitrogens is 1. The largest absolute Gasteiger partial charge is 0.456 e. The van der Waals surface area contributed by atoms with Crippen molar-refractivity contribution in [3.8, 4) is 0 Å². The molecule has 23 heavy (non-hydrogen) atoms. The number of para-hydroxylation sites is 1. The first-order chi connectivity index (χ1) is 11.0. The van der Waals surface area contributed by atoms with E-state index in [1.807, 2.05) is 38.1 Å². The van der Waals surface area contributed by atoms with Gasteiger partial charge in [-0.25, -0.2) is 4.98 Å². The average molecular weight is 352 g/mol. The maximum Gasteiger partial charge on any atom is 0.307 e. The normalized spacial score (nSPS) is 10.9. The lowest BCUT2D eigenvalue weighted by Gasteiger charge is -2.08. The van der Waals surface area contributed by atoms with Crippen molar-refractivity contribution in [2.24, 2.45) is 5.92 Å². The van der Waals surface area contributed by atoms with E-state index in [0.717, 1.165) is 14.6 Å². The summed E-state index contributed by atoms with van der Waals surface area (Å²) in [7, 11) is 0. The van der Waals surface area contributed by atoms with Crippen LogP contribution in [0.5, 0.6) is 0 Å². The molecule has 0 saturated carbocycles. The van der Waals surface area contributed by atoms with Gasteiger partial charge in [-0.15, -0.1) is 11.3 Å². The molecule has 2 rings (SSSR count). The molecule has 0 atom stereocenters. The van der Waals surface area contributed by atoms with Crippen LogP contribution in [0.3, 0.4) is 0 Å². The number of thiazole rings is 1. The van der Waals surface area contributed by atoms with Crippen molar-refractivity contribution >= 4 is 45.2 Å². The molecule has 2 aromatic rings. The fourth-order valence-electron chi connectivity index (χ4n) is 1.72. The molecule has 0 unspecified atom stereocenters. The van der Waals surface area contributed by atoms with E-state index in [9.17, 15) is 9.59 Å². The second-order valence-electron chi connectivity index (χ2n) is 5.40. The van der Waals surface area contributed by atoms with Gasteiger partial charge in [-0.1, -0.05) is 37.7 Å². The Morgan fingerprint density at radius 3 is 2.87 bits per heavy atom. The van der Waals surface area contributed by atoms with Gasteiger partial charge in [0.1, 0.15) is 0 Å². The summed E-state index contributed by atoms with van der Waals surface area (Å²) in [5.74, 6) is 0.343. The SMILES string of the molecule is CC(C)CNC(=O)COC(=O)CCSc1nc2ccccc2s1. The quantitative estimate of drug-likeness (QED) is 0.584. The Morgan fingerprint density at radius 2 is 2.13 bits per heavy atom. The molecule has 1 aromatic heterocycles. The summed E-state index contributed by atoms with van der Waals surface area (Å²) in [6, 6.07) is 7.94. The van der Waals surface area contributed by atoms with Crippen LogP contribution in [0.4, 0.5) is 0 Å². The molecule has 0 bridgehead atoms. The number of fused-ring (bicyclic) bond motifs is 1. The summed E-state index contributed by atoms with van der Waals surface area (Å²) >= 11 is 3.14. The Morgan fingerprint density at radius 1 is 1.35 bits per heavy atom. The number of thioether (sulfide) groups is 1. The number of hydrogen-bond donors (Lipinski definition) is 1. The van der Waals surface area contributed by atoms with Crippen LogP contribution in [-0.4, -0.2) is 35.8 Å². The molecule has 0 fully saturated rings. The minimum absolute atomic E-state index is 0.211. The van der Waals surface area contributed by atoms with Gasteiger partial charge in [0, 0.05) is 12.3 Å². The van der Waals surface area contributed by atoms with E-state index < -0.39 is 0 Å². The van der Waals surface area contributed by atoms with E-state index in [0.29, 0.717) is 18.2 Å². The number of nitrogens with one attached hydrogen (secondary N) is 1. The van der Waals surface area contributed by atoms with E-state index in [4.69, 9.17) is 4.74 Å². The van der Waals surface area contributed by atoms with Crippen molar-refractivity contribution in [2.75, 3.05) is 18.9 Å². The molecule has 0 spiro atoms. The van der Waals surface area contributed by atoms with Crippen LogP contribution in [-0.2, 0) is 14.3 Å². The topological polar surface area (TPSA) is 68.3 Å². The molecule has 1 amide bonds. The van der Waals surface area contributed by atoms with Crippen LogP contribution in [0.1, 0.15) is 20.3 Å². The molecule has 7 heteroatoms. The monoisotopic (exact) mass is 352 g/mol. The van der Waals surface area contributed by atoms with Crippen LogP contribution in [0.25, 0.3) is 10.2 Å². The Kier molecular flexibility index (Phi) is 6.85. The summed E-state index contributed by atoms with van der Waals surface area (Å²) in [5, 5.41) is 2.70. The highest BCUT2D eigenvalue weighted by Gasteiger charge is 2.09. The van der Waals surface area contributed by atoms with Crippen LogP contribution in [0, 0.1) is 5.92 Å². The summed E-state index contributed by atoms with van der Waals surface area (Å²) in [4.78, 5) is 27.6. The van der Waals surface area contributed by atoms with Crippen LogP contribution in [0.2, 0.25) is 0 Å². The van der Waals surface area contributed by atoms with E-state index in [-0.39, 0.29) is 24.9 Å². The zero-order valence-electron chi connectivity index (χ0n) is 13.2. The molecule has 0 aliphatic rings. The fourth-order valence-corrected chi connectivity index (χ4v) is 3.78. The second-order valence-corrected chi connectivity index (χ2v) is 7.78. The number of rotatable bonds is 8. The number of carbonyl (C=O) groups excluding carboxylic acids is 2. The predicted octanol–water partition coefficient (Wildman–Crippen LogP) is 3.09.